The molecule has 1 saturated heterocycles. The molecule has 2 fully saturated rings. The molecule has 2 N–H and O–H groups in total. The first kappa shape index (κ1) is 31.4. The standard InChI is InChI=1S/C34H34ClF2N3O4S/c35-28-13-7-24(8-14-28)23-5-11-27(12-6-23)34(36,37)32(33(41)40-19-17-38-18-20-40)39-45(42,43)31-16-10-25-21-30(15-9-26(25)22-31)44-29-3-1-2-4-29/h5-16,21-22,29,32,38-39H,1-4,17-20H2. The number of carbonyl (C=O) groups excluding carboxylic acids is 1. The molecule has 0 radical (unpaired) electrons. The first-order valence-corrected chi connectivity index (χ1v) is 16.9. The Balaban J connectivity index is 1.28. The Bertz CT molecular complexity index is 1770. The van der Waals surface area contributed by atoms with Crippen LogP contribution in [0, 0.1) is 0 Å². The van der Waals surface area contributed by atoms with Crippen molar-refractivity contribution in [3.05, 3.63) is 95.5 Å². The predicted molar refractivity (Wildman–Crippen MR) is 171 cm³/mol. The van der Waals surface area contributed by atoms with Gasteiger partial charge in [-0.15, -0.1) is 0 Å². The van der Waals surface area contributed by atoms with Crippen LogP contribution in [0.1, 0.15) is 31.2 Å². The lowest BCUT2D eigenvalue weighted by Gasteiger charge is -2.34. The molecule has 11 heteroatoms. The van der Waals surface area contributed by atoms with Crippen LogP contribution in [0.25, 0.3) is 21.9 Å². The lowest BCUT2D eigenvalue weighted by atomic mass is 9.97. The Kier molecular flexibility index (Phi) is 9.10. The number of benzene rings is 4. The van der Waals surface area contributed by atoms with Gasteiger partial charge in [0.2, 0.25) is 15.9 Å². The highest BCUT2D eigenvalue weighted by atomic mass is 35.5. The molecular weight excluding hydrogens is 620 g/mol. The van der Waals surface area contributed by atoms with Crippen molar-refractivity contribution in [3.63, 3.8) is 0 Å². The van der Waals surface area contributed by atoms with Gasteiger partial charge in [-0.1, -0.05) is 60.1 Å². The lowest BCUT2D eigenvalue weighted by molar-refractivity contribution is -0.144. The van der Waals surface area contributed by atoms with Gasteiger partial charge in [0.1, 0.15) is 5.75 Å². The minimum absolute atomic E-state index is 0.173. The maximum Gasteiger partial charge on any atom is 0.298 e. The number of piperazine rings is 1. The molecule has 45 heavy (non-hydrogen) atoms. The molecule has 1 saturated carbocycles. The molecule has 1 amide bonds. The molecular formula is C34H34ClF2N3O4S. The minimum Gasteiger partial charge on any atom is -0.490 e. The number of nitrogens with zero attached hydrogens (tertiary/aromatic N) is 1. The number of hydrogen-bond acceptors (Lipinski definition) is 5. The average Bonchev–Trinajstić information content (AvgIpc) is 3.57. The van der Waals surface area contributed by atoms with Gasteiger partial charge in [-0.2, -0.15) is 13.5 Å². The van der Waals surface area contributed by atoms with E-state index in [1.54, 1.807) is 42.5 Å². The highest BCUT2D eigenvalue weighted by Gasteiger charge is 2.49. The normalized spacial score (nSPS) is 17.0. The Morgan fingerprint density at radius 1 is 0.889 bits per heavy atom. The summed E-state index contributed by atoms with van der Waals surface area (Å²) in [6.07, 6.45) is 4.46. The third-order valence-corrected chi connectivity index (χ3v) is 10.1. The van der Waals surface area contributed by atoms with E-state index in [4.69, 9.17) is 16.3 Å². The fourth-order valence-electron chi connectivity index (χ4n) is 5.91. The van der Waals surface area contributed by atoms with Crippen LogP contribution in [-0.2, 0) is 20.7 Å². The number of rotatable bonds is 9. The summed E-state index contributed by atoms with van der Waals surface area (Å²) in [5, 5.41) is 4.99. The number of halogens is 3. The van der Waals surface area contributed by atoms with Gasteiger partial charge in [-0.3, -0.25) is 4.79 Å². The molecule has 2 aliphatic rings. The summed E-state index contributed by atoms with van der Waals surface area (Å²) in [4.78, 5) is 14.7. The molecule has 1 heterocycles. The Morgan fingerprint density at radius 2 is 1.49 bits per heavy atom. The monoisotopic (exact) mass is 653 g/mol. The fraction of sp³-hybridized carbons (Fsp3) is 0.324. The molecule has 0 aromatic heterocycles. The van der Waals surface area contributed by atoms with E-state index in [0.717, 1.165) is 36.6 Å². The first-order chi connectivity index (χ1) is 21.6. The maximum absolute atomic E-state index is 16.3. The smallest absolute Gasteiger partial charge is 0.298 e. The summed E-state index contributed by atoms with van der Waals surface area (Å²) in [6.45, 7) is 1.21. The van der Waals surface area contributed by atoms with Gasteiger partial charge in [-0.25, -0.2) is 8.42 Å². The Morgan fingerprint density at radius 3 is 2.16 bits per heavy atom. The van der Waals surface area contributed by atoms with Crippen LogP contribution in [0.15, 0.2) is 89.8 Å². The van der Waals surface area contributed by atoms with Gasteiger partial charge in [0, 0.05) is 36.8 Å². The number of ether oxygens (including phenoxy) is 1. The zero-order valence-electron chi connectivity index (χ0n) is 24.5. The van der Waals surface area contributed by atoms with Crippen LogP contribution in [-0.4, -0.2) is 57.5 Å². The number of carbonyl (C=O) groups is 1. The van der Waals surface area contributed by atoms with Crippen molar-refractivity contribution in [1.29, 1.82) is 0 Å². The second-order valence-electron chi connectivity index (χ2n) is 11.5. The van der Waals surface area contributed by atoms with E-state index in [1.165, 1.54) is 41.3 Å². The van der Waals surface area contributed by atoms with E-state index in [2.05, 4.69) is 10.0 Å². The van der Waals surface area contributed by atoms with Crippen molar-refractivity contribution in [2.45, 2.75) is 48.6 Å². The maximum atomic E-state index is 16.3. The summed E-state index contributed by atoms with van der Waals surface area (Å²) in [5.41, 5.74) is 0.964. The molecule has 6 rings (SSSR count). The van der Waals surface area contributed by atoms with Crippen LogP contribution in [0.5, 0.6) is 5.75 Å². The van der Waals surface area contributed by atoms with E-state index in [9.17, 15) is 13.2 Å². The zero-order chi connectivity index (χ0) is 31.6. The number of amides is 1. The van der Waals surface area contributed by atoms with Crippen molar-refractivity contribution in [2.24, 2.45) is 0 Å². The molecule has 1 aliphatic carbocycles. The molecule has 4 aromatic carbocycles. The number of sulfonamides is 1. The molecule has 1 unspecified atom stereocenters. The lowest BCUT2D eigenvalue weighted by Crippen LogP contribution is -2.59. The number of hydrogen-bond donors (Lipinski definition) is 2. The molecule has 1 aliphatic heterocycles. The quantitative estimate of drug-likeness (QED) is 0.220. The van der Waals surface area contributed by atoms with Gasteiger partial charge < -0.3 is 15.0 Å². The molecule has 0 bridgehead atoms. The third kappa shape index (κ3) is 6.99. The number of alkyl halides is 2. The summed E-state index contributed by atoms with van der Waals surface area (Å²) in [5.74, 6) is -4.15. The van der Waals surface area contributed by atoms with Crippen molar-refractivity contribution in [2.75, 3.05) is 26.2 Å². The van der Waals surface area contributed by atoms with Crippen molar-refractivity contribution in [1.82, 2.24) is 14.9 Å². The second kappa shape index (κ2) is 13.0. The minimum atomic E-state index is -4.55. The van der Waals surface area contributed by atoms with Crippen LogP contribution in [0.2, 0.25) is 5.02 Å². The highest BCUT2D eigenvalue weighted by molar-refractivity contribution is 7.89. The number of nitrogens with one attached hydrogen (secondary N) is 2. The topological polar surface area (TPSA) is 87.7 Å². The molecule has 7 nitrogen and oxygen atoms in total. The van der Waals surface area contributed by atoms with E-state index in [-0.39, 0.29) is 24.1 Å². The summed E-state index contributed by atoms with van der Waals surface area (Å²) in [7, 11) is -4.55. The van der Waals surface area contributed by atoms with Crippen LogP contribution in [0.3, 0.4) is 0 Å². The number of fused-ring (bicyclic) bond motifs is 1. The van der Waals surface area contributed by atoms with Crippen LogP contribution < -0.4 is 14.8 Å². The van der Waals surface area contributed by atoms with Gasteiger partial charge in [0.15, 0.2) is 6.04 Å². The Labute approximate surface area is 266 Å². The van der Waals surface area contributed by atoms with Crippen molar-refractivity contribution in [3.8, 4) is 16.9 Å². The van der Waals surface area contributed by atoms with Gasteiger partial charge in [0.25, 0.3) is 5.92 Å². The van der Waals surface area contributed by atoms with E-state index in [1.807, 2.05) is 6.07 Å². The SMILES string of the molecule is O=C(C(NS(=O)(=O)c1ccc2cc(OC3CCCC3)ccc2c1)C(F)(F)c1ccc(-c2ccc(Cl)cc2)cc1)N1CCNCC1. The fourth-order valence-corrected chi connectivity index (χ4v) is 7.26. The van der Waals surface area contributed by atoms with Gasteiger partial charge in [-0.05, 0) is 84.0 Å². The zero-order valence-corrected chi connectivity index (χ0v) is 26.1. The summed E-state index contributed by atoms with van der Waals surface area (Å²) >= 11 is 5.97. The van der Waals surface area contributed by atoms with Crippen molar-refractivity contribution < 1.29 is 26.7 Å². The Hall–Kier alpha value is -3.57. The van der Waals surface area contributed by atoms with Gasteiger partial charge >= 0.3 is 0 Å². The van der Waals surface area contributed by atoms with E-state index >= 15 is 8.78 Å². The molecule has 0 spiro atoms. The summed E-state index contributed by atoms with van der Waals surface area (Å²) in [6, 6.07) is 19.8. The highest BCUT2D eigenvalue weighted by Crippen LogP contribution is 2.36. The van der Waals surface area contributed by atoms with E-state index in [0.29, 0.717) is 34.8 Å². The molecule has 4 aromatic rings. The van der Waals surface area contributed by atoms with Crippen LogP contribution >= 0.6 is 11.6 Å². The average molecular weight is 654 g/mol. The second-order valence-corrected chi connectivity index (χ2v) is 13.7. The van der Waals surface area contributed by atoms with E-state index < -0.39 is 33.5 Å². The molecule has 1 atom stereocenters. The van der Waals surface area contributed by atoms with Crippen molar-refractivity contribution >= 4 is 38.3 Å². The van der Waals surface area contributed by atoms with Gasteiger partial charge in [0.05, 0.1) is 11.0 Å². The third-order valence-electron chi connectivity index (χ3n) is 8.46. The summed E-state index contributed by atoms with van der Waals surface area (Å²) < 4.78 is 68.1. The predicted octanol–water partition coefficient (Wildman–Crippen LogP) is 6.35. The van der Waals surface area contributed by atoms with Crippen LogP contribution in [0.4, 0.5) is 8.78 Å². The molecule has 236 valence electrons. The first-order valence-electron chi connectivity index (χ1n) is 15.1. The largest absolute Gasteiger partial charge is 0.490 e.